The van der Waals surface area contributed by atoms with E-state index in [1.165, 1.54) is 36.8 Å². The van der Waals surface area contributed by atoms with E-state index >= 15 is 0 Å². The molecular weight excluding hydrogens is 260 g/mol. The minimum atomic E-state index is 0.226. The van der Waals surface area contributed by atoms with Crippen LogP contribution in [0.2, 0.25) is 0 Å². The predicted molar refractivity (Wildman–Crippen MR) is 87.1 cm³/mol. The third-order valence-electron chi connectivity index (χ3n) is 4.24. The molecule has 0 atom stereocenters. The van der Waals surface area contributed by atoms with E-state index in [9.17, 15) is 4.79 Å². The van der Waals surface area contributed by atoms with Gasteiger partial charge in [0.25, 0.3) is 0 Å². The van der Waals surface area contributed by atoms with Crippen molar-refractivity contribution in [1.82, 2.24) is 10.2 Å². The second-order valence-electron chi connectivity index (χ2n) is 6.16. The number of carbonyl (C=O) groups excluding carboxylic acids is 1. The van der Waals surface area contributed by atoms with Gasteiger partial charge in [-0.25, -0.2) is 0 Å². The topological polar surface area (TPSA) is 32.3 Å². The summed E-state index contributed by atoms with van der Waals surface area (Å²) in [6, 6.07) is 9.02. The van der Waals surface area contributed by atoms with E-state index in [4.69, 9.17) is 0 Å². The van der Waals surface area contributed by atoms with Crippen LogP contribution in [0.3, 0.4) is 0 Å². The maximum absolute atomic E-state index is 12.4. The average Bonchev–Trinajstić information content (AvgIpc) is 3.00. The number of aryl methyl sites for hydroxylation is 1. The molecule has 1 aromatic carbocycles. The molecule has 0 spiro atoms. The van der Waals surface area contributed by atoms with Gasteiger partial charge in [-0.1, -0.05) is 49.6 Å². The molecule has 1 aliphatic rings. The molecule has 21 heavy (non-hydrogen) atoms. The smallest absolute Gasteiger partial charge is 0.236 e. The Bertz CT molecular complexity index is 435. The SMILES string of the molecule is CCCN(Cc1ccc(C)cc1)C(=O)CNC1CCCC1. The quantitative estimate of drug-likeness (QED) is 0.835. The van der Waals surface area contributed by atoms with Gasteiger partial charge >= 0.3 is 0 Å². The summed E-state index contributed by atoms with van der Waals surface area (Å²) in [5, 5.41) is 3.42. The summed E-state index contributed by atoms with van der Waals surface area (Å²) in [5.74, 6) is 0.226. The van der Waals surface area contributed by atoms with E-state index in [0.29, 0.717) is 12.6 Å². The lowest BCUT2D eigenvalue weighted by Gasteiger charge is -2.23. The van der Waals surface area contributed by atoms with Crippen molar-refractivity contribution in [3.8, 4) is 0 Å². The summed E-state index contributed by atoms with van der Waals surface area (Å²) in [6.45, 7) is 6.25. The van der Waals surface area contributed by atoms with Gasteiger partial charge in [0.1, 0.15) is 0 Å². The molecule has 1 N–H and O–H groups in total. The van der Waals surface area contributed by atoms with Gasteiger partial charge in [0, 0.05) is 19.1 Å². The first-order valence-electron chi connectivity index (χ1n) is 8.25. The minimum Gasteiger partial charge on any atom is -0.337 e. The first-order chi connectivity index (χ1) is 10.2. The Morgan fingerprint density at radius 2 is 1.90 bits per heavy atom. The molecule has 2 rings (SSSR count). The second-order valence-corrected chi connectivity index (χ2v) is 6.16. The zero-order chi connectivity index (χ0) is 15.1. The highest BCUT2D eigenvalue weighted by Gasteiger charge is 2.18. The van der Waals surface area contributed by atoms with Crippen molar-refractivity contribution in [2.24, 2.45) is 0 Å². The van der Waals surface area contributed by atoms with E-state index in [0.717, 1.165) is 19.5 Å². The Hall–Kier alpha value is -1.35. The van der Waals surface area contributed by atoms with Gasteiger partial charge < -0.3 is 10.2 Å². The molecule has 0 radical (unpaired) electrons. The molecular formula is C18H28N2O. The normalized spacial score (nSPS) is 15.3. The monoisotopic (exact) mass is 288 g/mol. The Morgan fingerprint density at radius 3 is 2.52 bits per heavy atom. The van der Waals surface area contributed by atoms with E-state index in [1.807, 2.05) is 4.90 Å². The fraction of sp³-hybridized carbons (Fsp3) is 0.611. The van der Waals surface area contributed by atoms with Crippen LogP contribution in [0, 0.1) is 6.92 Å². The maximum Gasteiger partial charge on any atom is 0.236 e. The maximum atomic E-state index is 12.4. The molecule has 3 heteroatoms. The van der Waals surface area contributed by atoms with Crippen LogP contribution in [0.1, 0.15) is 50.2 Å². The third kappa shape index (κ3) is 5.16. The van der Waals surface area contributed by atoms with E-state index in [-0.39, 0.29) is 5.91 Å². The predicted octanol–water partition coefficient (Wildman–Crippen LogP) is 3.27. The molecule has 1 fully saturated rings. The molecule has 0 aliphatic heterocycles. The summed E-state index contributed by atoms with van der Waals surface area (Å²) < 4.78 is 0. The van der Waals surface area contributed by atoms with Gasteiger partial charge in [-0.3, -0.25) is 4.79 Å². The van der Waals surface area contributed by atoms with Crippen LogP contribution in [0.5, 0.6) is 0 Å². The molecule has 0 unspecified atom stereocenters. The molecule has 116 valence electrons. The lowest BCUT2D eigenvalue weighted by atomic mass is 10.1. The fourth-order valence-corrected chi connectivity index (χ4v) is 2.95. The first kappa shape index (κ1) is 16.0. The van der Waals surface area contributed by atoms with Gasteiger partial charge in [0.05, 0.1) is 6.54 Å². The van der Waals surface area contributed by atoms with Gasteiger partial charge in [-0.2, -0.15) is 0 Å². The van der Waals surface area contributed by atoms with E-state index < -0.39 is 0 Å². The van der Waals surface area contributed by atoms with Gasteiger partial charge in [0.2, 0.25) is 5.91 Å². The number of benzene rings is 1. The summed E-state index contributed by atoms with van der Waals surface area (Å²) in [4.78, 5) is 14.4. The van der Waals surface area contributed by atoms with Crippen LogP contribution in [0.25, 0.3) is 0 Å². The zero-order valence-electron chi connectivity index (χ0n) is 13.4. The largest absolute Gasteiger partial charge is 0.337 e. The van der Waals surface area contributed by atoms with Crippen molar-refractivity contribution < 1.29 is 4.79 Å². The number of nitrogens with zero attached hydrogens (tertiary/aromatic N) is 1. The second kappa shape index (κ2) is 8.18. The lowest BCUT2D eigenvalue weighted by molar-refractivity contribution is -0.131. The Labute approximate surface area is 128 Å². The Balaban J connectivity index is 1.87. The molecule has 3 nitrogen and oxygen atoms in total. The average molecular weight is 288 g/mol. The molecule has 1 aromatic rings. The van der Waals surface area contributed by atoms with Crippen LogP contribution in [-0.4, -0.2) is 29.9 Å². The number of nitrogens with one attached hydrogen (secondary N) is 1. The number of hydrogen-bond donors (Lipinski definition) is 1. The van der Waals surface area contributed by atoms with Crippen LogP contribution < -0.4 is 5.32 Å². The van der Waals surface area contributed by atoms with Crippen molar-refractivity contribution >= 4 is 5.91 Å². The molecule has 1 saturated carbocycles. The summed E-state index contributed by atoms with van der Waals surface area (Å²) in [5.41, 5.74) is 2.47. The van der Waals surface area contributed by atoms with Crippen molar-refractivity contribution in [3.63, 3.8) is 0 Å². The highest BCUT2D eigenvalue weighted by atomic mass is 16.2. The van der Waals surface area contributed by atoms with Crippen LogP contribution in [0.15, 0.2) is 24.3 Å². The van der Waals surface area contributed by atoms with Crippen LogP contribution >= 0.6 is 0 Å². The number of rotatable bonds is 7. The number of hydrogen-bond acceptors (Lipinski definition) is 2. The van der Waals surface area contributed by atoms with Crippen molar-refractivity contribution in [3.05, 3.63) is 35.4 Å². The standard InChI is InChI=1S/C18H28N2O/c1-3-12-20(14-16-10-8-15(2)9-11-16)18(21)13-19-17-6-4-5-7-17/h8-11,17,19H,3-7,12-14H2,1-2H3. The number of amides is 1. The third-order valence-corrected chi connectivity index (χ3v) is 4.24. The summed E-state index contributed by atoms with van der Waals surface area (Å²) in [6.07, 6.45) is 6.04. The van der Waals surface area contributed by atoms with Crippen molar-refractivity contribution in [1.29, 1.82) is 0 Å². The highest BCUT2D eigenvalue weighted by molar-refractivity contribution is 5.78. The summed E-state index contributed by atoms with van der Waals surface area (Å²) >= 11 is 0. The van der Waals surface area contributed by atoms with E-state index in [1.54, 1.807) is 0 Å². The molecule has 1 aliphatic carbocycles. The summed E-state index contributed by atoms with van der Waals surface area (Å²) in [7, 11) is 0. The first-order valence-corrected chi connectivity index (χ1v) is 8.25. The highest BCUT2D eigenvalue weighted by Crippen LogP contribution is 2.17. The minimum absolute atomic E-state index is 0.226. The molecule has 0 saturated heterocycles. The fourth-order valence-electron chi connectivity index (χ4n) is 2.95. The van der Waals surface area contributed by atoms with Crippen LogP contribution in [0.4, 0.5) is 0 Å². The van der Waals surface area contributed by atoms with Gasteiger partial charge in [0.15, 0.2) is 0 Å². The zero-order valence-corrected chi connectivity index (χ0v) is 13.4. The molecule has 0 heterocycles. The Morgan fingerprint density at radius 1 is 1.24 bits per heavy atom. The number of carbonyl (C=O) groups is 1. The van der Waals surface area contributed by atoms with Crippen LogP contribution in [-0.2, 0) is 11.3 Å². The van der Waals surface area contributed by atoms with Gasteiger partial charge in [-0.05, 0) is 31.7 Å². The van der Waals surface area contributed by atoms with Crippen molar-refractivity contribution in [2.45, 2.75) is 58.5 Å². The van der Waals surface area contributed by atoms with E-state index in [2.05, 4.69) is 43.4 Å². The van der Waals surface area contributed by atoms with Gasteiger partial charge in [-0.15, -0.1) is 0 Å². The molecule has 0 bridgehead atoms. The Kier molecular flexibility index (Phi) is 6.24. The lowest BCUT2D eigenvalue weighted by Crippen LogP contribution is -2.41. The molecule has 0 aromatic heterocycles. The molecule has 1 amide bonds. The van der Waals surface area contributed by atoms with Crippen molar-refractivity contribution in [2.75, 3.05) is 13.1 Å².